The molecule has 6 heteroatoms. The molecule has 0 fully saturated rings. The normalized spacial score (nSPS) is 15.1. The predicted octanol–water partition coefficient (Wildman–Crippen LogP) is 0.270. The minimum Gasteiger partial charge on any atom is -0.267 e. The average Bonchev–Trinajstić information content (AvgIpc) is 1.81. The lowest BCUT2D eigenvalue weighted by atomic mass is 10.5. The van der Waals surface area contributed by atoms with Crippen LogP contribution in [0.1, 0.15) is 0 Å². The largest absolute Gasteiger partial charge is 0.267 e. The monoisotopic (exact) mass is 174 g/mol. The van der Waals surface area contributed by atoms with E-state index in [4.69, 9.17) is 0 Å². The van der Waals surface area contributed by atoms with Crippen molar-refractivity contribution in [2.45, 2.75) is 6.17 Å². The molecule has 0 aromatic rings. The summed E-state index contributed by atoms with van der Waals surface area (Å²) >= 11 is 0. The van der Waals surface area contributed by atoms with Gasteiger partial charge in [-0.15, -0.1) is 0 Å². The number of halogens is 2. The molecule has 1 unspecified atom stereocenters. The molecule has 0 aliphatic carbocycles. The standard InChI is InChI=1S/C4H8F2O3S/c1-10(7,8)9-3-4(6)2-5/h4H,2-3H2,1H3. The Hall–Kier alpha value is -0.230. The molecule has 0 heterocycles. The highest BCUT2D eigenvalue weighted by Gasteiger charge is 2.09. The van der Waals surface area contributed by atoms with Crippen molar-refractivity contribution in [3.8, 4) is 0 Å². The minimum atomic E-state index is -3.64. The van der Waals surface area contributed by atoms with Crippen LogP contribution in [0.25, 0.3) is 0 Å². The van der Waals surface area contributed by atoms with E-state index in [1.165, 1.54) is 0 Å². The van der Waals surface area contributed by atoms with Crippen LogP contribution >= 0.6 is 0 Å². The molecular formula is C4H8F2O3S. The molecule has 0 N–H and O–H groups in total. The van der Waals surface area contributed by atoms with Crippen LogP contribution in [0.4, 0.5) is 8.78 Å². The first-order valence-corrected chi connectivity index (χ1v) is 4.32. The molecule has 3 nitrogen and oxygen atoms in total. The van der Waals surface area contributed by atoms with Crippen LogP contribution in [0, 0.1) is 0 Å². The number of alkyl halides is 2. The maximum Gasteiger partial charge on any atom is 0.264 e. The molecule has 0 spiro atoms. The first-order valence-electron chi connectivity index (χ1n) is 2.50. The lowest BCUT2D eigenvalue weighted by Crippen LogP contribution is -2.15. The zero-order valence-corrected chi connectivity index (χ0v) is 6.20. The van der Waals surface area contributed by atoms with Crippen molar-refractivity contribution >= 4 is 10.1 Å². The van der Waals surface area contributed by atoms with Crippen molar-refractivity contribution in [3.63, 3.8) is 0 Å². The zero-order chi connectivity index (χ0) is 8.20. The molecule has 10 heavy (non-hydrogen) atoms. The summed E-state index contributed by atoms with van der Waals surface area (Å²) < 4.78 is 47.4. The van der Waals surface area contributed by atoms with E-state index in [1.54, 1.807) is 0 Å². The second-order valence-corrected chi connectivity index (χ2v) is 3.38. The van der Waals surface area contributed by atoms with Gasteiger partial charge in [0.05, 0.1) is 6.26 Å². The summed E-state index contributed by atoms with van der Waals surface area (Å²) in [5.74, 6) is 0. The maximum atomic E-state index is 11.9. The molecule has 0 radical (unpaired) electrons. The molecule has 62 valence electrons. The van der Waals surface area contributed by atoms with Gasteiger partial charge >= 0.3 is 0 Å². The molecule has 0 saturated carbocycles. The van der Waals surface area contributed by atoms with Crippen molar-refractivity contribution in [1.29, 1.82) is 0 Å². The summed E-state index contributed by atoms with van der Waals surface area (Å²) in [6.45, 7) is -1.97. The van der Waals surface area contributed by atoms with Crippen molar-refractivity contribution in [2.24, 2.45) is 0 Å². The van der Waals surface area contributed by atoms with E-state index in [9.17, 15) is 17.2 Å². The Labute approximate surface area is 58.1 Å². The van der Waals surface area contributed by atoms with Crippen LogP contribution < -0.4 is 0 Å². The van der Waals surface area contributed by atoms with Gasteiger partial charge in [0.1, 0.15) is 13.3 Å². The highest BCUT2D eigenvalue weighted by Crippen LogP contribution is 1.95. The Kier molecular flexibility index (Phi) is 3.73. The SMILES string of the molecule is CS(=O)(=O)OCC(F)CF. The molecule has 0 saturated heterocycles. The third kappa shape index (κ3) is 5.90. The highest BCUT2D eigenvalue weighted by molar-refractivity contribution is 7.85. The Balaban J connectivity index is 3.56. The van der Waals surface area contributed by atoms with E-state index in [2.05, 4.69) is 4.18 Å². The van der Waals surface area contributed by atoms with Gasteiger partial charge in [-0.3, -0.25) is 4.18 Å². The third-order valence-corrected chi connectivity index (χ3v) is 1.19. The molecule has 0 aliphatic heterocycles. The van der Waals surface area contributed by atoms with Crippen molar-refractivity contribution < 1.29 is 21.4 Å². The van der Waals surface area contributed by atoms with Gasteiger partial charge in [0, 0.05) is 0 Å². The topological polar surface area (TPSA) is 43.4 Å². The van der Waals surface area contributed by atoms with Gasteiger partial charge in [0.15, 0.2) is 6.17 Å². The summed E-state index contributed by atoms with van der Waals surface area (Å²) in [7, 11) is -3.64. The van der Waals surface area contributed by atoms with E-state index >= 15 is 0 Å². The average molecular weight is 174 g/mol. The van der Waals surface area contributed by atoms with Gasteiger partial charge in [0.25, 0.3) is 10.1 Å². The van der Waals surface area contributed by atoms with Crippen LogP contribution in [0.5, 0.6) is 0 Å². The van der Waals surface area contributed by atoms with E-state index in [0.717, 1.165) is 6.26 Å². The molecule has 0 aliphatic rings. The van der Waals surface area contributed by atoms with Crippen LogP contribution in [-0.2, 0) is 14.3 Å². The quantitative estimate of drug-likeness (QED) is 0.574. The maximum absolute atomic E-state index is 11.9. The van der Waals surface area contributed by atoms with E-state index in [-0.39, 0.29) is 0 Å². The van der Waals surface area contributed by atoms with Crippen LogP contribution in [0.3, 0.4) is 0 Å². The van der Waals surface area contributed by atoms with Crippen molar-refractivity contribution in [1.82, 2.24) is 0 Å². The van der Waals surface area contributed by atoms with Gasteiger partial charge in [-0.1, -0.05) is 0 Å². The predicted molar refractivity (Wildman–Crippen MR) is 31.7 cm³/mol. The molecule has 0 rings (SSSR count). The van der Waals surface area contributed by atoms with Crippen LogP contribution in [0.15, 0.2) is 0 Å². The number of hydrogen-bond acceptors (Lipinski definition) is 3. The Bertz CT molecular complexity index is 177. The van der Waals surface area contributed by atoms with E-state index in [0.29, 0.717) is 0 Å². The Morgan fingerprint density at radius 1 is 1.60 bits per heavy atom. The van der Waals surface area contributed by atoms with Gasteiger partial charge < -0.3 is 0 Å². The van der Waals surface area contributed by atoms with Crippen LogP contribution in [0.2, 0.25) is 0 Å². The minimum absolute atomic E-state index is 0.741. The summed E-state index contributed by atoms with van der Waals surface area (Å²) in [5, 5.41) is 0. The fourth-order valence-electron chi connectivity index (χ4n) is 0.242. The van der Waals surface area contributed by atoms with Crippen molar-refractivity contribution in [3.05, 3.63) is 0 Å². The van der Waals surface area contributed by atoms with Crippen molar-refractivity contribution in [2.75, 3.05) is 19.5 Å². The first kappa shape index (κ1) is 9.77. The molecule has 0 bridgehead atoms. The number of hydrogen-bond donors (Lipinski definition) is 0. The van der Waals surface area contributed by atoms with Gasteiger partial charge in [0.2, 0.25) is 0 Å². The summed E-state index contributed by atoms with van der Waals surface area (Å²) in [6.07, 6.45) is -1.08. The zero-order valence-electron chi connectivity index (χ0n) is 5.38. The fourth-order valence-corrected chi connectivity index (χ4v) is 0.637. The first-order chi connectivity index (χ1) is 4.45. The Morgan fingerprint density at radius 3 is 2.40 bits per heavy atom. The lowest BCUT2D eigenvalue weighted by Gasteiger charge is -2.01. The van der Waals surface area contributed by atoms with E-state index in [1.807, 2.05) is 0 Å². The molecule has 0 aromatic heterocycles. The summed E-state index contributed by atoms with van der Waals surface area (Å²) in [4.78, 5) is 0. The van der Waals surface area contributed by atoms with Gasteiger partial charge in [-0.2, -0.15) is 8.42 Å². The summed E-state index contributed by atoms with van der Waals surface area (Å²) in [6, 6.07) is 0. The lowest BCUT2D eigenvalue weighted by molar-refractivity contribution is 0.171. The third-order valence-electron chi connectivity index (χ3n) is 0.630. The van der Waals surface area contributed by atoms with Gasteiger partial charge in [-0.05, 0) is 0 Å². The van der Waals surface area contributed by atoms with Gasteiger partial charge in [-0.25, -0.2) is 8.78 Å². The second kappa shape index (κ2) is 3.82. The Morgan fingerprint density at radius 2 is 2.10 bits per heavy atom. The fraction of sp³-hybridized carbons (Fsp3) is 1.00. The number of rotatable bonds is 4. The molecule has 0 amide bonds. The summed E-state index contributed by atoms with van der Waals surface area (Å²) in [5.41, 5.74) is 0. The smallest absolute Gasteiger partial charge is 0.264 e. The molecule has 1 atom stereocenters. The highest BCUT2D eigenvalue weighted by atomic mass is 32.2. The second-order valence-electron chi connectivity index (χ2n) is 1.74. The molecule has 0 aromatic carbocycles. The molecular weight excluding hydrogens is 166 g/mol. The van der Waals surface area contributed by atoms with E-state index < -0.39 is 29.6 Å². The van der Waals surface area contributed by atoms with Crippen LogP contribution in [-0.4, -0.2) is 34.1 Å².